The number of nitrogens with zero attached hydrogens (tertiary/aromatic N) is 1. The fourth-order valence-corrected chi connectivity index (χ4v) is 6.02. The number of piperidine rings is 1. The van der Waals surface area contributed by atoms with Gasteiger partial charge in [-0.2, -0.15) is 5.26 Å². The topological polar surface area (TPSA) is 57.3 Å². The van der Waals surface area contributed by atoms with Crippen LogP contribution in [0.2, 0.25) is 0 Å². The van der Waals surface area contributed by atoms with Crippen molar-refractivity contribution >= 4 is 22.2 Å². The Labute approximate surface area is 177 Å². The molecule has 1 aliphatic carbocycles. The number of likely N-dealkylation sites (tertiary alicyclic amines) is 1. The number of nitriles is 1. The molecule has 4 rings (SSSR count). The number of carbonyl (C=O) groups is 1. The van der Waals surface area contributed by atoms with Gasteiger partial charge in [0.1, 0.15) is 11.1 Å². The van der Waals surface area contributed by atoms with Gasteiger partial charge in [-0.05, 0) is 62.0 Å². The number of hydrogen-bond donors (Lipinski definition) is 2. The van der Waals surface area contributed by atoms with Gasteiger partial charge in [-0.1, -0.05) is 36.8 Å². The third-order valence-corrected chi connectivity index (χ3v) is 7.58. The molecule has 29 heavy (non-hydrogen) atoms. The molecule has 2 N–H and O–H groups in total. The van der Waals surface area contributed by atoms with E-state index in [0.717, 1.165) is 55.3 Å². The number of nitrogens with one attached hydrogen (secondary N) is 2. The molecule has 4 nitrogen and oxygen atoms in total. The SMILES string of the molecule is N#Cc1c(NC(=O)C[NH+]2CCC(Cc3ccccc3)CC2)sc2c1CCCCC2. The van der Waals surface area contributed by atoms with Crippen LogP contribution in [-0.4, -0.2) is 25.5 Å². The molecule has 0 bridgehead atoms. The smallest absolute Gasteiger partial charge is 0.280 e. The second-order valence-electron chi connectivity index (χ2n) is 8.49. The number of hydrogen-bond acceptors (Lipinski definition) is 3. The van der Waals surface area contributed by atoms with Crippen LogP contribution < -0.4 is 10.2 Å². The lowest BCUT2D eigenvalue weighted by atomic mass is 9.90. The molecule has 2 aliphatic rings. The van der Waals surface area contributed by atoms with Crippen molar-refractivity contribution in [2.24, 2.45) is 5.92 Å². The summed E-state index contributed by atoms with van der Waals surface area (Å²) in [5.74, 6) is 0.775. The molecule has 1 saturated heterocycles. The van der Waals surface area contributed by atoms with Gasteiger partial charge >= 0.3 is 0 Å². The van der Waals surface area contributed by atoms with Crippen LogP contribution in [0.4, 0.5) is 5.00 Å². The predicted molar refractivity (Wildman–Crippen MR) is 117 cm³/mol. The highest BCUT2D eigenvalue weighted by Gasteiger charge is 2.26. The summed E-state index contributed by atoms with van der Waals surface area (Å²) in [7, 11) is 0. The molecular weight excluding hydrogens is 378 g/mol. The zero-order chi connectivity index (χ0) is 20.1. The Bertz CT molecular complexity index is 876. The van der Waals surface area contributed by atoms with Crippen molar-refractivity contribution in [1.29, 1.82) is 5.26 Å². The minimum atomic E-state index is 0.0504. The quantitative estimate of drug-likeness (QED) is 0.746. The van der Waals surface area contributed by atoms with Crippen LogP contribution in [-0.2, 0) is 24.1 Å². The van der Waals surface area contributed by atoms with Crippen LogP contribution in [0.3, 0.4) is 0 Å². The fraction of sp³-hybridized carbons (Fsp3) is 0.500. The Hall–Kier alpha value is -2.16. The molecule has 5 heteroatoms. The molecular formula is C24H30N3OS+. The first-order chi connectivity index (χ1) is 14.2. The van der Waals surface area contributed by atoms with Gasteiger partial charge in [0.15, 0.2) is 6.54 Å². The van der Waals surface area contributed by atoms with Crippen LogP contribution in [0.1, 0.15) is 53.7 Å². The molecule has 1 aromatic heterocycles. The monoisotopic (exact) mass is 408 g/mol. The molecule has 0 radical (unpaired) electrons. The van der Waals surface area contributed by atoms with E-state index in [1.54, 1.807) is 11.3 Å². The van der Waals surface area contributed by atoms with E-state index in [0.29, 0.717) is 6.54 Å². The molecule has 152 valence electrons. The first-order valence-electron chi connectivity index (χ1n) is 10.9. The predicted octanol–water partition coefficient (Wildman–Crippen LogP) is 3.36. The Morgan fingerprint density at radius 2 is 1.90 bits per heavy atom. The minimum Gasteiger partial charge on any atom is -0.327 e. The minimum absolute atomic E-state index is 0.0504. The summed E-state index contributed by atoms with van der Waals surface area (Å²) in [6.45, 7) is 2.61. The number of carbonyl (C=O) groups excluding carboxylic acids is 1. The second-order valence-corrected chi connectivity index (χ2v) is 9.59. The molecule has 0 atom stereocenters. The zero-order valence-electron chi connectivity index (χ0n) is 17.0. The van der Waals surface area contributed by atoms with E-state index in [4.69, 9.17) is 0 Å². The van der Waals surface area contributed by atoms with Gasteiger partial charge in [-0.3, -0.25) is 4.79 Å². The first-order valence-corrected chi connectivity index (χ1v) is 11.8. The number of aryl methyl sites for hydroxylation is 1. The molecule has 1 aromatic carbocycles. The van der Waals surface area contributed by atoms with Gasteiger partial charge in [0.2, 0.25) is 0 Å². The third kappa shape index (κ3) is 5.07. The highest BCUT2D eigenvalue weighted by molar-refractivity contribution is 7.16. The molecule has 0 saturated carbocycles. The Kier molecular flexibility index (Phi) is 6.63. The summed E-state index contributed by atoms with van der Waals surface area (Å²) >= 11 is 1.63. The van der Waals surface area contributed by atoms with E-state index in [1.165, 1.54) is 46.6 Å². The maximum atomic E-state index is 12.7. The van der Waals surface area contributed by atoms with Crippen LogP contribution >= 0.6 is 11.3 Å². The van der Waals surface area contributed by atoms with Crippen molar-refractivity contribution in [3.63, 3.8) is 0 Å². The van der Waals surface area contributed by atoms with Crippen molar-refractivity contribution in [2.45, 2.75) is 51.4 Å². The highest BCUT2D eigenvalue weighted by Crippen LogP contribution is 2.36. The first kappa shape index (κ1) is 20.1. The van der Waals surface area contributed by atoms with Gasteiger partial charge in [-0.15, -0.1) is 11.3 Å². The molecule has 1 amide bonds. The molecule has 1 fully saturated rings. The number of anilines is 1. The maximum absolute atomic E-state index is 12.7. The number of quaternary nitrogens is 1. The fourth-order valence-electron chi connectivity index (χ4n) is 4.76. The number of fused-ring (bicyclic) bond motifs is 1. The van der Waals surface area contributed by atoms with Crippen molar-refractivity contribution in [2.75, 3.05) is 25.0 Å². The van der Waals surface area contributed by atoms with E-state index in [1.807, 2.05) is 0 Å². The van der Waals surface area contributed by atoms with Crippen molar-refractivity contribution < 1.29 is 9.69 Å². The largest absolute Gasteiger partial charge is 0.327 e. The van der Waals surface area contributed by atoms with E-state index in [-0.39, 0.29) is 5.91 Å². The van der Waals surface area contributed by atoms with Gasteiger partial charge in [0.25, 0.3) is 5.91 Å². The van der Waals surface area contributed by atoms with Gasteiger partial charge in [0.05, 0.1) is 18.7 Å². The number of benzene rings is 1. The van der Waals surface area contributed by atoms with E-state index in [9.17, 15) is 10.1 Å². The van der Waals surface area contributed by atoms with Crippen LogP contribution in [0.5, 0.6) is 0 Å². The second kappa shape index (κ2) is 9.56. The van der Waals surface area contributed by atoms with Gasteiger partial charge in [-0.25, -0.2) is 0 Å². The Balaban J connectivity index is 1.29. The van der Waals surface area contributed by atoms with Gasteiger partial charge < -0.3 is 10.2 Å². The number of thiophene rings is 1. The van der Waals surface area contributed by atoms with Crippen molar-refractivity contribution in [3.8, 4) is 6.07 Å². The summed E-state index contributed by atoms with van der Waals surface area (Å²) in [6, 6.07) is 13.1. The van der Waals surface area contributed by atoms with E-state index in [2.05, 4.69) is 41.7 Å². The summed E-state index contributed by atoms with van der Waals surface area (Å²) in [6.07, 6.45) is 9.09. The number of amides is 1. The normalized spacial score (nSPS) is 21.6. The van der Waals surface area contributed by atoms with Crippen LogP contribution in [0.15, 0.2) is 30.3 Å². The molecule has 0 spiro atoms. The molecule has 1 aliphatic heterocycles. The van der Waals surface area contributed by atoms with Crippen LogP contribution in [0, 0.1) is 17.2 Å². The Morgan fingerprint density at radius 1 is 1.14 bits per heavy atom. The average Bonchev–Trinajstić information content (AvgIpc) is 2.89. The molecule has 0 unspecified atom stereocenters. The van der Waals surface area contributed by atoms with Crippen molar-refractivity contribution in [3.05, 3.63) is 51.9 Å². The Morgan fingerprint density at radius 3 is 2.66 bits per heavy atom. The summed E-state index contributed by atoms with van der Waals surface area (Å²) in [5, 5.41) is 13.5. The maximum Gasteiger partial charge on any atom is 0.280 e. The van der Waals surface area contributed by atoms with E-state index < -0.39 is 0 Å². The third-order valence-electron chi connectivity index (χ3n) is 6.38. The van der Waals surface area contributed by atoms with E-state index >= 15 is 0 Å². The number of rotatable bonds is 5. The lowest BCUT2D eigenvalue weighted by molar-refractivity contribution is -0.898. The van der Waals surface area contributed by atoms with Crippen LogP contribution in [0.25, 0.3) is 0 Å². The highest BCUT2D eigenvalue weighted by atomic mass is 32.1. The molecule has 2 aromatic rings. The lowest BCUT2D eigenvalue weighted by Crippen LogP contribution is -3.14. The summed E-state index contributed by atoms with van der Waals surface area (Å²) in [4.78, 5) is 15.3. The zero-order valence-corrected chi connectivity index (χ0v) is 17.8. The van der Waals surface area contributed by atoms with Crippen molar-refractivity contribution in [1.82, 2.24) is 0 Å². The van der Waals surface area contributed by atoms with Gasteiger partial charge in [0, 0.05) is 4.88 Å². The standard InChI is InChI=1S/C24H29N3OS/c25-16-21-20-9-5-2-6-10-22(20)29-24(21)26-23(28)17-27-13-11-19(12-14-27)15-18-7-3-1-4-8-18/h1,3-4,7-8,19H,2,5-6,9-15,17H2,(H,26,28)/p+1. The summed E-state index contributed by atoms with van der Waals surface area (Å²) < 4.78 is 0. The average molecular weight is 409 g/mol. The summed E-state index contributed by atoms with van der Waals surface area (Å²) in [5.41, 5.74) is 3.33. The molecule has 2 heterocycles. The lowest BCUT2D eigenvalue weighted by Gasteiger charge is -2.28.